The van der Waals surface area contributed by atoms with Crippen molar-refractivity contribution in [2.24, 2.45) is 11.7 Å². The molecule has 2 nitrogen and oxygen atoms in total. The van der Waals surface area contributed by atoms with E-state index in [4.69, 9.17) is 5.73 Å². The van der Waals surface area contributed by atoms with Crippen molar-refractivity contribution in [2.75, 3.05) is 20.1 Å². The molecule has 1 unspecified atom stereocenters. The number of benzene rings is 1. The summed E-state index contributed by atoms with van der Waals surface area (Å²) in [5.41, 5.74) is 7.29. The van der Waals surface area contributed by atoms with E-state index in [0.29, 0.717) is 12.6 Å². The molecule has 0 aromatic heterocycles. The third-order valence-corrected chi connectivity index (χ3v) is 4.76. The second-order valence-electron chi connectivity index (χ2n) is 5.36. The summed E-state index contributed by atoms with van der Waals surface area (Å²) in [7, 11) is 2.20. The summed E-state index contributed by atoms with van der Waals surface area (Å²) >= 11 is 3.64. The molecule has 0 bridgehead atoms. The molecule has 0 heterocycles. The average molecular weight is 311 g/mol. The minimum absolute atomic E-state index is 0.321. The van der Waals surface area contributed by atoms with E-state index in [2.05, 4.69) is 52.1 Å². The average Bonchev–Trinajstić information content (AvgIpc) is 2.85. The smallest absolute Gasteiger partial charge is 0.0478 e. The molecule has 0 spiro atoms. The van der Waals surface area contributed by atoms with Gasteiger partial charge in [-0.3, -0.25) is 4.90 Å². The molecule has 0 saturated heterocycles. The highest BCUT2D eigenvalue weighted by Gasteiger charge is 2.22. The Balaban J connectivity index is 2.05. The molecule has 18 heavy (non-hydrogen) atoms. The molecular formula is C15H23BrN2. The Morgan fingerprint density at radius 3 is 2.61 bits per heavy atom. The topological polar surface area (TPSA) is 29.3 Å². The molecule has 1 aromatic carbocycles. The van der Waals surface area contributed by atoms with Gasteiger partial charge in [-0.25, -0.2) is 0 Å². The molecule has 1 fully saturated rings. The number of likely N-dealkylation sites (N-methyl/N-ethyl adjacent to an activating group) is 1. The molecule has 1 aliphatic rings. The van der Waals surface area contributed by atoms with E-state index in [1.54, 1.807) is 0 Å². The Morgan fingerprint density at radius 2 is 2.00 bits per heavy atom. The highest BCUT2D eigenvalue weighted by atomic mass is 79.9. The van der Waals surface area contributed by atoms with E-state index in [1.165, 1.54) is 42.3 Å². The number of nitrogens with two attached hydrogens (primary N) is 1. The van der Waals surface area contributed by atoms with Gasteiger partial charge in [-0.15, -0.1) is 0 Å². The lowest BCUT2D eigenvalue weighted by molar-refractivity contribution is 0.212. The first-order valence-electron chi connectivity index (χ1n) is 6.87. The predicted octanol–water partition coefficient (Wildman–Crippen LogP) is 3.57. The first-order chi connectivity index (χ1) is 8.72. The molecular weight excluding hydrogens is 288 g/mol. The summed E-state index contributed by atoms with van der Waals surface area (Å²) in [6, 6.07) is 8.74. The fourth-order valence-electron chi connectivity index (χ4n) is 3.02. The van der Waals surface area contributed by atoms with Crippen LogP contribution in [0, 0.1) is 5.92 Å². The predicted molar refractivity (Wildman–Crippen MR) is 80.5 cm³/mol. The summed E-state index contributed by atoms with van der Waals surface area (Å²) in [6.45, 7) is 1.84. The van der Waals surface area contributed by atoms with Gasteiger partial charge in [-0.1, -0.05) is 47.0 Å². The van der Waals surface area contributed by atoms with Crippen molar-refractivity contribution in [1.82, 2.24) is 4.90 Å². The molecule has 0 amide bonds. The number of nitrogens with zero attached hydrogens (tertiary/aromatic N) is 1. The highest BCUT2D eigenvalue weighted by molar-refractivity contribution is 9.10. The lowest BCUT2D eigenvalue weighted by atomic mass is 10.0. The Hall–Kier alpha value is -0.380. The number of hydrogen-bond acceptors (Lipinski definition) is 2. The summed E-state index contributed by atoms with van der Waals surface area (Å²) in [5.74, 6) is 0.867. The minimum Gasteiger partial charge on any atom is -0.329 e. The standard InChI is InChI=1S/C15H23BrN2/c1-18(11-12-6-2-3-7-12)15(10-17)13-8-4-5-9-14(13)16/h4-5,8-9,12,15H,2-3,6-7,10-11,17H2,1H3. The Bertz CT molecular complexity index is 375. The lowest BCUT2D eigenvalue weighted by Crippen LogP contribution is -2.34. The fraction of sp³-hybridized carbons (Fsp3) is 0.600. The third-order valence-electron chi connectivity index (χ3n) is 4.04. The van der Waals surface area contributed by atoms with Crippen molar-refractivity contribution in [3.8, 4) is 0 Å². The molecule has 0 radical (unpaired) electrons. The van der Waals surface area contributed by atoms with Gasteiger partial charge in [0.2, 0.25) is 0 Å². The van der Waals surface area contributed by atoms with Crippen LogP contribution >= 0.6 is 15.9 Å². The summed E-state index contributed by atoms with van der Waals surface area (Å²) < 4.78 is 1.17. The monoisotopic (exact) mass is 310 g/mol. The Kier molecular flexibility index (Phi) is 5.22. The van der Waals surface area contributed by atoms with Crippen LogP contribution in [0.25, 0.3) is 0 Å². The van der Waals surface area contributed by atoms with Gasteiger partial charge >= 0.3 is 0 Å². The van der Waals surface area contributed by atoms with Crippen LogP contribution in [0.15, 0.2) is 28.7 Å². The van der Waals surface area contributed by atoms with Crippen molar-refractivity contribution in [3.63, 3.8) is 0 Å². The van der Waals surface area contributed by atoms with Crippen LogP contribution in [0.1, 0.15) is 37.3 Å². The second-order valence-corrected chi connectivity index (χ2v) is 6.22. The van der Waals surface area contributed by atoms with Crippen molar-refractivity contribution < 1.29 is 0 Å². The van der Waals surface area contributed by atoms with Crippen molar-refractivity contribution in [3.05, 3.63) is 34.3 Å². The van der Waals surface area contributed by atoms with Crippen LogP contribution in [0.4, 0.5) is 0 Å². The molecule has 2 rings (SSSR count). The van der Waals surface area contributed by atoms with Gasteiger partial charge in [0.15, 0.2) is 0 Å². The largest absolute Gasteiger partial charge is 0.329 e. The minimum atomic E-state index is 0.321. The van der Waals surface area contributed by atoms with Crippen LogP contribution in [0.5, 0.6) is 0 Å². The zero-order chi connectivity index (χ0) is 13.0. The fourth-order valence-corrected chi connectivity index (χ4v) is 3.57. The van der Waals surface area contributed by atoms with Gasteiger partial charge in [0.05, 0.1) is 0 Å². The second kappa shape index (κ2) is 6.69. The van der Waals surface area contributed by atoms with Gasteiger partial charge in [0.1, 0.15) is 0 Å². The molecule has 1 atom stereocenters. The zero-order valence-electron chi connectivity index (χ0n) is 11.1. The summed E-state index contributed by atoms with van der Waals surface area (Å²) in [4.78, 5) is 2.43. The van der Waals surface area contributed by atoms with Gasteiger partial charge in [-0.2, -0.15) is 0 Å². The van der Waals surface area contributed by atoms with Crippen LogP contribution in [-0.4, -0.2) is 25.0 Å². The van der Waals surface area contributed by atoms with Crippen LogP contribution in [-0.2, 0) is 0 Å². The zero-order valence-corrected chi connectivity index (χ0v) is 12.7. The summed E-state index contributed by atoms with van der Waals surface area (Å²) in [6.07, 6.45) is 5.58. The normalized spacial score (nSPS) is 18.4. The van der Waals surface area contributed by atoms with Gasteiger partial charge in [0, 0.05) is 23.6 Å². The lowest BCUT2D eigenvalue weighted by Gasteiger charge is -2.30. The van der Waals surface area contributed by atoms with Crippen molar-refractivity contribution >= 4 is 15.9 Å². The number of rotatable bonds is 5. The van der Waals surface area contributed by atoms with Crippen LogP contribution in [0.3, 0.4) is 0 Å². The van der Waals surface area contributed by atoms with Crippen molar-refractivity contribution in [2.45, 2.75) is 31.7 Å². The maximum absolute atomic E-state index is 5.99. The van der Waals surface area contributed by atoms with E-state index < -0.39 is 0 Å². The molecule has 0 aliphatic heterocycles. The molecule has 3 heteroatoms. The van der Waals surface area contributed by atoms with Crippen LogP contribution in [0.2, 0.25) is 0 Å². The van der Waals surface area contributed by atoms with Crippen molar-refractivity contribution in [1.29, 1.82) is 0 Å². The Labute approximate surface area is 119 Å². The first-order valence-corrected chi connectivity index (χ1v) is 7.66. The van der Waals surface area contributed by atoms with E-state index in [-0.39, 0.29) is 0 Å². The van der Waals surface area contributed by atoms with E-state index in [1.807, 2.05) is 0 Å². The maximum Gasteiger partial charge on any atom is 0.0478 e. The highest BCUT2D eigenvalue weighted by Crippen LogP contribution is 2.30. The van der Waals surface area contributed by atoms with Gasteiger partial charge in [-0.05, 0) is 37.4 Å². The van der Waals surface area contributed by atoms with Crippen LogP contribution < -0.4 is 5.73 Å². The van der Waals surface area contributed by atoms with E-state index >= 15 is 0 Å². The SMILES string of the molecule is CN(CC1CCCC1)C(CN)c1ccccc1Br. The molecule has 2 N–H and O–H groups in total. The molecule has 1 aromatic rings. The molecule has 1 aliphatic carbocycles. The van der Waals surface area contributed by atoms with Gasteiger partial charge < -0.3 is 5.73 Å². The summed E-state index contributed by atoms with van der Waals surface area (Å²) in [5, 5.41) is 0. The van der Waals surface area contributed by atoms with E-state index in [9.17, 15) is 0 Å². The third kappa shape index (κ3) is 3.34. The molecule has 1 saturated carbocycles. The Morgan fingerprint density at radius 1 is 1.33 bits per heavy atom. The molecule has 100 valence electrons. The quantitative estimate of drug-likeness (QED) is 0.901. The number of halogens is 1. The maximum atomic E-state index is 5.99. The number of hydrogen-bond donors (Lipinski definition) is 1. The van der Waals surface area contributed by atoms with Gasteiger partial charge in [0.25, 0.3) is 0 Å². The van der Waals surface area contributed by atoms with E-state index in [0.717, 1.165) is 5.92 Å². The first kappa shape index (κ1) is 14.0.